The number of hydrogen-bond acceptors (Lipinski definition) is 7. The molecule has 8 nitrogen and oxygen atoms in total. The Balaban J connectivity index is 1.48. The Morgan fingerprint density at radius 1 is 1.03 bits per heavy atom. The smallest absolute Gasteiger partial charge is 0.196 e. The first-order valence-electron chi connectivity index (χ1n) is 10.7. The van der Waals surface area contributed by atoms with Crippen LogP contribution in [0.1, 0.15) is 5.82 Å². The molecule has 2 N–H and O–H groups in total. The van der Waals surface area contributed by atoms with Gasteiger partial charge in [-0.1, -0.05) is 42.1 Å². The maximum atomic E-state index is 10.8. The molecule has 5 aromatic rings. The molecule has 0 radical (unpaired) electrons. The Kier molecular flexibility index (Phi) is 6.20. The van der Waals surface area contributed by atoms with E-state index in [0.29, 0.717) is 16.8 Å². The molecule has 9 heteroatoms. The van der Waals surface area contributed by atoms with E-state index in [0.717, 1.165) is 28.0 Å². The molecule has 5 rings (SSSR count). The highest BCUT2D eigenvalue weighted by Gasteiger charge is 2.19. The quantitative estimate of drug-likeness (QED) is 0.182. The summed E-state index contributed by atoms with van der Waals surface area (Å²) in [4.78, 5) is 7.53. The van der Waals surface area contributed by atoms with Crippen molar-refractivity contribution < 1.29 is 9.84 Å². The molecule has 172 valence electrons. The number of nitrogens with zero attached hydrogens (tertiary/aromatic N) is 5. The van der Waals surface area contributed by atoms with Gasteiger partial charge in [0.1, 0.15) is 23.2 Å². The van der Waals surface area contributed by atoms with Crippen LogP contribution in [0.4, 0.5) is 0 Å². The van der Waals surface area contributed by atoms with Crippen LogP contribution >= 0.6 is 11.8 Å². The average molecular weight is 481 g/mol. The van der Waals surface area contributed by atoms with E-state index in [1.807, 2.05) is 83.4 Å². The summed E-state index contributed by atoms with van der Waals surface area (Å²) in [7, 11) is 1.62. The molecule has 0 saturated heterocycles. The van der Waals surface area contributed by atoms with Crippen molar-refractivity contribution in [1.82, 2.24) is 24.7 Å². The van der Waals surface area contributed by atoms with Crippen molar-refractivity contribution in [2.45, 2.75) is 5.16 Å². The van der Waals surface area contributed by atoms with E-state index in [2.05, 4.69) is 26.2 Å². The summed E-state index contributed by atoms with van der Waals surface area (Å²) in [6, 6.07) is 26.9. The van der Waals surface area contributed by atoms with Gasteiger partial charge in [-0.2, -0.15) is 5.26 Å². The highest BCUT2D eigenvalue weighted by atomic mass is 32.2. The van der Waals surface area contributed by atoms with E-state index in [1.54, 1.807) is 7.11 Å². The number of para-hydroxylation sites is 3. The van der Waals surface area contributed by atoms with Gasteiger partial charge in [0.15, 0.2) is 16.8 Å². The molecule has 3 aromatic carbocycles. The first-order valence-corrected chi connectivity index (χ1v) is 11.7. The van der Waals surface area contributed by atoms with Crippen LogP contribution in [0.15, 0.2) is 89.8 Å². The highest BCUT2D eigenvalue weighted by Crippen LogP contribution is 2.30. The number of thioether (sulfide) groups is 1. The maximum absolute atomic E-state index is 10.8. The van der Waals surface area contributed by atoms with Gasteiger partial charge in [0.05, 0.1) is 23.9 Å². The summed E-state index contributed by atoms with van der Waals surface area (Å²) in [5.74, 6) is 1.76. The van der Waals surface area contributed by atoms with E-state index in [4.69, 9.17) is 4.74 Å². The molecule has 0 saturated carbocycles. The Labute approximate surface area is 205 Å². The lowest BCUT2D eigenvalue weighted by molar-refractivity contribution is 0.415. The van der Waals surface area contributed by atoms with Crippen LogP contribution in [-0.4, -0.2) is 42.7 Å². The minimum atomic E-state index is -0.0924. The third-order valence-corrected chi connectivity index (χ3v) is 6.30. The average Bonchev–Trinajstić information content (AvgIpc) is 3.53. The number of aromatic nitrogens is 5. The first-order chi connectivity index (χ1) is 17.2. The fourth-order valence-corrected chi connectivity index (χ4v) is 4.46. The molecular formula is C26H20N6O2S. The van der Waals surface area contributed by atoms with Crippen LogP contribution in [-0.2, 0) is 0 Å². The molecule has 35 heavy (non-hydrogen) atoms. The summed E-state index contributed by atoms with van der Waals surface area (Å²) < 4.78 is 7.19. The van der Waals surface area contributed by atoms with Crippen molar-refractivity contribution in [3.8, 4) is 28.9 Å². The zero-order valence-corrected chi connectivity index (χ0v) is 19.5. The number of benzene rings is 3. The van der Waals surface area contributed by atoms with Crippen LogP contribution in [0.5, 0.6) is 5.75 Å². The molecule has 0 aliphatic heterocycles. The first kappa shape index (κ1) is 22.3. The number of aliphatic hydroxyl groups excluding tert-OH is 1. The van der Waals surface area contributed by atoms with Crippen LogP contribution in [0, 0.1) is 11.3 Å². The van der Waals surface area contributed by atoms with Gasteiger partial charge < -0.3 is 14.8 Å². The Bertz CT molecular complexity index is 1520. The fourth-order valence-electron chi connectivity index (χ4n) is 3.63. The second kappa shape index (κ2) is 9.75. The summed E-state index contributed by atoms with van der Waals surface area (Å²) in [5, 5.41) is 29.9. The summed E-state index contributed by atoms with van der Waals surface area (Å²) in [6.07, 6.45) is 0. The van der Waals surface area contributed by atoms with Crippen molar-refractivity contribution in [3.63, 3.8) is 0 Å². The molecule has 0 fully saturated rings. The number of H-pyrrole nitrogens is 1. The van der Waals surface area contributed by atoms with Crippen molar-refractivity contribution in [2.75, 3.05) is 12.9 Å². The third-order valence-electron chi connectivity index (χ3n) is 5.36. The van der Waals surface area contributed by atoms with Gasteiger partial charge in [0.2, 0.25) is 0 Å². The van der Waals surface area contributed by atoms with E-state index >= 15 is 0 Å². The number of methoxy groups -OCH3 is 1. The molecule has 0 atom stereocenters. The monoisotopic (exact) mass is 480 g/mol. The normalized spacial score (nSPS) is 11.8. The minimum absolute atomic E-state index is 0.0924. The van der Waals surface area contributed by atoms with Crippen molar-refractivity contribution in [1.29, 1.82) is 5.26 Å². The van der Waals surface area contributed by atoms with Gasteiger partial charge in [-0.3, -0.25) is 4.57 Å². The van der Waals surface area contributed by atoms with Crippen LogP contribution in [0.3, 0.4) is 0 Å². The topological polar surface area (TPSA) is 113 Å². The number of hydrogen-bond donors (Lipinski definition) is 2. The number of nitriles is 1. The maximum Gasteiger partial charge on any atom is 0.196 e. The lowest BCUT2D eigenvalue weighted by Gasteiger charge is -2.11. The predicted octanol–water partition coefficient (Wildman–Crippen LogP) is 5.40. The highest BCUT2D eigenvalue weighted by molar-refractivity contribution is 7.99. The number of aromatic amines is 1. The minimum Gasteiger partial charge on any atom is -0.510 e. The Morgan fingerprint density at radius 3 is 2.49 bits per heavy atom. The summed E-state index contributed by atoms with van der Waals surface area (Å²) >= 11 is 1.28. The molecule has 2 aromatic heterocycles. The molecule has 0 aliphatic carbocycles. The second-order valence-corrected chi connectivity index (χ2v) is 8.47. The number of ether oxygens (including phenoxy) is 1. The van der Waals surface area contributed by atoms with Crippen LogP contribution in [0.25, 0.3) is 33.7 Å². The number of nitrogens with one attached hydrogen (secondary N) is 1. The van der Waals surface area contributed by atoms with Gasteiger partial charge in [0, 0.05) is 11.3 Å². The molecular weight excluding hydrogens is 460 g/mol. The molecule has 0 spiro atoms. The summed E-state index contributed by atoms with van der Waals surface area (Å²) in [6.45, 7) is 0. The Hall–Kier alpha value is -4.55. The van der Waals surface area contributed by atoms with E-state index in [9.17, 15) is 10.4 Å². The Morgan fingerprint density at radius 2 is 1.77 bits per heavy atom. The number of fused-ring (bicyclic) bond motifs is 1. The fraction of sp³-hybridized carbons (Fsp3) is 0.0769. The van der Waals surface area contributed by atoms with Gasteiger partial charge in [0.25, 0.3) is 0 Å². The SMILES string of the molecule is COc1ccc(-c2nnc(SC/C(O)=C(\C#N)c3nc4ccccc4[nH]3)n2-c2ccccc2)cc1. The van der Waals surface area contributed by atoms with Crippen molar-refractivity contribution in [3.05, 3.63) is 90.4 Å². The number of allylic oxidation sites excluding steroid dienone is 1. The van der Waals surface area contributed by atoms with Gasteiger partial charge >= 0.3 is 0 Å². The second-order valence-electron chi connectivity index (χ2n) is 7.53. The molecule has 2 heterocycles. The number of aliphatic hydroxyl groups is 1. The largest absolute Gasteiger partial charge is 0.510 e. The summed E-state index contributed by atoms with van der Waals surface area (Å²) in [5.41, 5.74) is 3.36. The van der Waals surface area contributed by atoms with Crippen molar-refractivity contribution in [2.24, 2.45) is 0 Å². The van der Waals surface area contributed by atoms with Crippen LogP contribution < -0.4 is 4.74 Å². The molecule has 0 unspecified atom stereocenters. The zero-order valence-electron chi connectivity index (χ0n) is 18.7. The van der Waals surface area contributed by atoms with Crippen molar-refractivity contribution >= 4 is 28.4 Å². The lowest BCUT2D eigenvalue weighted by Crippen LogP contribution is -2.01. The standard InChI is InChI=1S/C26H20N6O2S/c1-34-19-13-11-17(12-14-19)25-30-31-26(32(25)18-7-3-2-4-8-18)35-16-23(33)20(15-27)24-28-21-9-5-6-10-22(21)29-24/h2-14,33H,16H2,1H3,(H,28,29)/b23-20-. The van der Waals surface area contributed by atoms with E-state index in [-0.39, 0.29) is 17.1 Å². The number of imidazole rings is 1. The lowest BCUT2D eigenvalue weighted by atomic mass is 10.2. The van der Waals surface area contributed by atoms with E-state index in [1.165, 1.54) is 11.8 Å². The van der Waals surface area contributed by atoms with Gasteiger partial charge in [-0.25, -0.2) is 4.98 Å². The van der Waals surface area contributed by atoms with Gasteiger partial charge in [-0.15, -0.1) is 10.2 Å². The van der Waals surface area contributed by atoms with Gasteiger partial charge in [-0.05, 0) is 48.5 Å². The third kappa shape index (κ3) is 4.47. The van der Waals surface area contributed by atoms with E-state index < -0.39 is 0 Å². The molecule has 0 amide bonds. The predicted molar refractivity (Wildman–Crippen MR) is 135 cm³/mol. The van der Waals surface area contributed by atoms with Crippen LogP contribution in [0.2, 0.25) is 0 Å². The number of rotatable bonds is 7. The molecule has 0 bridgehead atoms. The molecule has 0 aliphatic rings. The zero-order chi connectivity index (χ0) is 24.2.